The lowest BCUT2D eigenvalue weighted by Gasteiger charge is -2.22. The van der Waals surface area contributed by atoms with Crippen LogP contribution in [0.3, 0.4) is 0 Å². The smallest absolute Gasteiger partial charge is 0.246 e. The van der Waals surface area contributed by atoms with Crippen molar-refractivity contribution < 1.29 is 28.8 Å². The van der Waals surface area contributed by atoms with Crippen molar-refractivity contribution in [3.05, 3.63) is 194 Å². The maximum Gasteiger partial charge on any atom is 0.246 e. The van der Waals surface area contributed by atoms with Crippen LogP contribution in [0.15, 0.2) is 146 Å². The van der Waals surface area contributed by atoms with Crippen molar-refractivity contribution in [2.45, 2.75) is 101 Å². The van der Waals surface area contributed by atoms with E-state index in [9.17, 15) is 28.8 Å². The minimum atomic E-state index is -0.844. The Morgan fingerprint density at radius 1 is 0.375 bits per heavy atom. The summed E-state index contributed by atoms with van der Waals surface area (Å²) in [4.78, 5) is 92.2. The fourth-order valence-corrected chi connectivity index (χ4v) is 11.5. The first kappa shape index (κ1) is 64.0. The van der Waals surface area contributed by atoms with E-state index in [2.05, 4.69) is 46.9 Å². The largest absolute Gasteiger partial charge is 0.361 e. The number of aromatic amines is 3. The molecule has 0 spiro atoms. The minimum absolute atomic E-state index is 0.0350. The highest BCUT2D eigenvalue weighted by atomic mass is 35.5. The summed E-state index contributed by atoms with van der Waals surface area (Å²) in [5, 5.41) is 22.0. The molecule has 3 aromatic heterocycles. The third kappa shape index (κ3) is 17.2. The number of nitrogens with one attached hydrogen (secondary N) is 9. The average molecular weight is 1250 g/mol. The van der Waals surface area contributed by atoms with E-state index in [-0.39, 0.29) is 54.7 Å². The molecular formula is C67H73Cl3N12O6. The van der Waals surface area contributed by atoms with Crippen LogP contribution in [0.1, 0.15) is 97.1 Å². The lowest BCUT2D eigenvalue weighted by atomic mass is 9.85. The maximum atomic E-state index is 14.0. The fraction of sp³-hybridized carbons (Fsp3) is 0.284. The molecule has 458 valence electrons. The van der Waals surface area contributed by atoms with Crippen molar-refractivity contribution in [1.82, 2.24) is 30.9 Å². The Hall–Kier alpha value is -8.49. The number of hydrogen-bond acceptors (Lipinski definition) is 9. The van der Waals surface area contributed by atoms with Gasteiger partial charge in [0.25, 0.3) is 0 Å². The molecule has 9 aromatic rings. The third-order valence-corrected chi connectivity index (χ3v) is 16.3. The molecule has 0 aliphatic carbocycles. The molecule has 3 atom stereocenters. The molecule has 0 fully saturated rings. The number of carbonyl (C=O) groups is 6. The van der Waals surface area contributed by atoms with Crippen molar-refractivity contribution >= 4 is 120 Å². The van der Waals surface area contributed by atoms with Gasteiger partial charge in [-0.3, -0.25) is 28.8 Å². The first-order valence-corrected chi connectivity index (χ1v) is 30.8. The summed E-state index contributed by atoms with van der Waals surface area (Å²) in [7, 11) is 0. The van der Waals surface area contributed by atoms with E-state index in [1.807, 2.05) is 54.6 Å². The molecule has 0 bridgehead atoms. The van der Waals surface area contributed by atoms with Crippen LogP contribution in [0.4, 0.5) is 17.1 Å². The van der Waals surface area contributed by atoms with Crippen LogP contribution in [0, 0.1) is 0 Å². The van der Waals surface area contributed by atoms with Gasteiger partial charge in [0.05, 0.1) is 19.3 Å². The van der Waals surface area contributed by atoms with Gasteiger partial charge in [0, 0.05) is 89.3 Å². The molecule has 88 heavy (non-hydrogen) atoms. The number of rotatable bonds is 30. The second-order valence-electron chi connectivity index (χ2n) is 22.0. The summed E-state index contributed by atoms with van der Waals surface area (Å²) in [6.45, 7) is 1.32. The SMILES string of the molecule is NCCCC[C@H](NC(=O)Cc1c[nH]c2ccc(Cl)cc12)C(=O)Nc1ccc(C(c2ccc(NC(=O)[C@H](CCCCN)NC(=O)Cc3c[nH]c4ccc(Cl)cc34)cc2)c2ccc(NC(=O)[C@H](CCCCN)NC(=O)Cc3c[nH]c4ccc(Cl)cc34)cc2)cc1. The number of hydrogen-bond donors (Lipinski definition) is 12. The number of halogens is 3. The zero-order chi connectivity index (χ0) is 62.1. The number of benzene rings is 6. The van der Waals surface area contributed by atoms with Crippen LogP contribution in [-0.4, -0.2) is 88.2 Å². The molecule has 0 saturated carbocycles. The summed E-state index contributed by atoms with van der Waals surface area (Å²) < 4.78 is 0. The molecule has 0 radical (unpaired) electrons. The molecule has 9 rings (SSSR count). The van der Waals surface area contributed by atoms with Crippen molar-refractivity contribution in [3.8, 4) is 0 Å². The predicted molar refractivity (Wildman–Crippen MR) is 352 cm³/mol. The number of fused-ring (bicyclic) bond motifs is 3. The number of unbranched alkanes of at least 4 members (excludes halogenated alkanes) is 3. The van der Waals surface area contributed by atoms with E-state index < -0.39 is 24.0 Å². The zero-order valence-corrected chi connectivity index (χ0v) is 50.9. The summed E-state index contributed by atoms with van der Waals surface area (Å²) in [5.41, 5.74) is 26.3. The van der Waals surface area contributed by atoms with Crippen molar-refractivity contribution in [3.63, 3.8) is 0 Å². The highest BCUT2D eigenvalue weighted by molar-refractivity contribution is 6.32. The van der Waals surface area contributed by atoms with E-state index in [1.54, 1.807) is 91.4 Å². The molecular weight excluding hydrogens is 1180 g/mol. The topological polar surface area (TPSA) is 300 Å². The van der Waals surface area contributed by atoms with Gasteiger partial charge < -0.3 is 64.1 Å². The fourth-order valence-electron chi connectivity index (χ4n) is 11.0. The highest BCUT2D eigenvalue weighted by Gasteiger charge is 2.26. The molecule has 0 saturated heterocycles. The number of carbonyl (C=O) groups excluding carboxylic acids is 6. The van der Waals surface area contributed by atoms with E-state index in [0.29, 0.717) is 110 Å². The Bertz CT molecular complexity index is 3490. The number of nitrogens with two attached hydrogens (primary N) is 3. The maximum absolute atomic E-state index is 14.0. The molecule has 0 unspecified atom stereocenters. The van der Waals surface area contributed by atoms with Crippen LogP contribution in [-0.2, 0) is 48.0 Å². The summed E-state index contributed by atoms with van der Waals surface area (Å²) in [5.74, 6) is -2.51. The van der Waals surface area contributed by atoms with Gasteiger partial charge in [0.15, 0.2) is 0 Å². The summed E-state index contributed by atoms with van der Waals surface area (Å²) in [6, 6.07) is 36.0. The Labute approximate surface area is 525 Å². The monoisotopic (exact) mass is 1250 g/mol. The number of aromatic nitrogens is 3. The summed E-state index contributed by atoms with van der Waals surface area (Å²) in [6.07, 6.45) is 10.4. The molecule has 0 aliphatic heterocycles. The molecule has 15 N–H and O–H groups in total. The van der Waals surface area contributed by atoms with Crippen LogP contribution >= 0.6 is 34.8 Å². The van der Waals surface area contributed by atoms with Crippen molar-refractivity contribution in [2.75, 3.05) is 35.6 Å². The van der Waals surface area contributed by atoms with Gasteiger partial charge >= 0.3 is 0 Å². The Morgan fingerprint density at radius 3 is 0.909 bits per heavy atom. The van der Waals surface area contributed by atoms with Crippen LogP contribution in [0.25, 0.3) is 32.7 Å². The number of amides is 6. The van der Waals surface area contributed by atoms with E-state index in [4.69, 9.17) is 52.0 Å². The number of H-pyrrole nitrogens is 3. The normalized spacial score (nSPS) is 12.4. The Morgan fingerprint density at radius 2 is 0.648 bits per heavy atom. The van der Waals surface area contributed by atoms with Crippen molar-refractivity contribution in [1.29, 1.82) is 0 Å². The molecule has 3 heterocycles. The van der Waals surface area contributed by atoms with Gasteiger partial charge in [0.2, 0.25) is 35.4 Å². The Balaban J connectivity index is 0.930. The standard InChI is InChI=1S/C67H73Cl3N12O6/c68-46-16-25-55-52(34-46)43(37-74-55)31-61(83)80-58(7-1-4-28-71)65(86)77-49-19-10-40(11-20-49)64(41-12-21-50(22-13-41)78-66(87)59(8-2-5-29-72)81-62(84)32-44-38-75-56-26-17-47(69)35-53(44)56)42-14-23-51(24-15-42)79-67(88)60(9-3-6-30-73)82-63(85)33-45-39-76-57-27-18-48(70)36-54(45)57/h10-27,34-39,58-60,64,74-76H,1-9,28-33,71-73H2,(H,77,86)(H,78,87)(H,79,88)(H,80,83)(H,81,84)(H,82,85)/t58-,59-,60-/m0/s1. The molecule has 18 nitrogen and oxygen atoms in total. The van der Waals surface area contributed by atoms with Crippen LogP contribution in [0.5, 0.6) is 0 Å². The third-order valence-electron chi connectivity index (χ3n) is 15.6. The molecule has 6 aromatic carbocycles. The van der Waals surface area contributed by atoms with Gasteiger partial charge in [-0.25, -0.2) is 0 Å². The van der Waals surface area contributed by atoms with Gasteiger partial charge in [-0.05, 0) is 202 Å². The predicted octanol–water partition coefficient (Wildman–Crippen LogP) is 10.7. The second-order valence-corrected chi connectivity index (χ2v) is 23.3. The van der Waals surface area contributed by atoms with E-state index in [0.717, 1.165) is 66.1 Å². The average Bonchev–Trinajstić information content (AvgIpc) is 3.37. The van der Waals surface area contributed by atoms with Gasteiger partial charge in [-0.15, -0.1) is 0 Å². The number of anilines is 3. The highest BCUT2D eigenvalue weighted by Crippen LogP contribution is 2.35. The first-order chi connectivity index (χ1) is 42.6. The van der Waals surface area contributed by atoms with Crippen LogP contribution in [0.2, 0.25) is 15.1 Å². The van der Waals surface area contributed by atoms with Crippen molar-refractivity contribution in [2.24, 2.45) is 17.2 Å². The first-order valence-electron chi connectivity index (χ1n) is 29.6. The molecule has 6 amide bonds. The Kier molecular flexibility index (Phi) is 22.5. The zero-order valence-electron chi connectivity index (χ0n) is 48.6. The van der Waals surface area contributed by atoms with Gasteiger partial charge in [-0.1, -0.05) is 71.2 Å². The second kappa shape index (κ2) is 30.9. The van der Waals surface area contributed by atoms with Gasteiger partial charge in [-0.2, -0.15) is 0 Å². The van der Waals surface area contributed by atoms with E-state index >= 15 is 0 Å². The molecule has 21 heteroatoms. The lowest BCUT2D eigenvalue weighted by Crippen LogP contribution is -2.44. The minimum Gasteiger partial charge on any atom is -0.361 e. The lowest BCUT2D eigenvalue weighted by molar-refractivity contribution is -0.126. The summed E-state index contributed by atoms with van der Waals surface area (Å²) >= 11 is 18.8. The van der Waals surface area contributed by atoms with E-state index in [1.165, 1.54) is 0 Å². The molecule has 0 aliphatic rings. The quantitative estimate of drug-likeness (QED) is 0.0150. The van der Waals surface area contributed by atoms with Crippen LogP contribution < -0.4 is 49.1 Å². The van der Waals surface area contributed by atoms with Gasteiger partial charge in [0.1, 0.15) is 18.1 Å².